The number of hydrogen-bond acceptors (Lipinski definition) is 0. The molecule has 1 unspecified atom stereocenters. The molecule has 0 aromatic carbocycles. The van der Waals surface area contributed by atoms with Gasteiger partial charge in [-0.1, -0.05) is 80.3 Å². The summed E-state index contributed by atoms with van der Waals surface area (Å²) in [4.78, 5) is 0. The van der Waals surface area contributed by atoms with E-state index in [2.05, 4.69) is 56.5 Å². The lowest BCUT2D eigenvalue weighted by Gasteiger charge is -1.97. The van der Waals surface area contributed by atoms with Crippen molar-refractivity contribution in [1.29, 1.82) is 0 Å². The molecule has 0 bridgehead atoms. The molecule has 0 spiro atoms. The average molecular weight is 214 g/mol. The molecule has 1 aliphatic carbocycles. The van der Waals surface area contributed by atoms with Crippen LogP contribution in [0.2, 0.25) is 0 Å². The summed E-state index contributed by atoms with van der Waals surface area (Å²) in [7, 11) is 0. The minimum absolute atomic E-state index is 0.606. The summed E-state index contributed by atoms with van der Waals surface area (Å²) in [5.74, 6) is 0.606. The van der Waals surface area contributed by atoms with Crippen molar-refractivity contribution in [1.82, 2.24) is 0 Å². The van der Waals surface area contributed by atoms with Gasteiger partial charge in [-0.25, -0.2) is 0 Å². The van der Waals surface area contributed by atoms with E-state index in [4.69, 9.17) is 0 Å². The fourth-order valence-corrected chi connectivity index (χ4v) is 1.09. The second-order valence-electron chi connectivity index (χ2n) is 3.69. The van der Waals surface area contributed by atoms with E-state index in [1.807, 2.05) is 13.0 Å². The molecule has 0 saturated carbocycles. The van der Waals surface area contributed by atoms with Crippen molar-refractivity contribution < 1.29 is 0 Å². The third kappa shape index (κ3) is 9.01. The minimum atomic E-state index is 0.606. The highest BCUT2D eigenvalue weighted by Crippen LogP contribution is 2.03. The van der Waals surface area contributed by atoms with E-state index in [1.165, 1.54) is 0 Å². The Morgan fingerprint density at radius 1 is 1.19 bits per heavy atom. The van der Waals surface area contributed by atoms with Crippen LogP contribution in [0.5, 0.6) is 0 Å². The zero-order chi connectivity index (χ0) is 12.2. The van der Waals surface area contributed by atoms with Gasteiger partial charge in [0.25, 0.3) is 0 Å². The molecule has 16 heavy (non-hydrogen) atoms. The van der Waals surface area contributed by atoms with Gasteiger partial charge in [-0.15, -0.1) is 0 Å². The SMILES string of the molecule is C=C/C=C(/C)C=C.CC1/C=C\C=C/C/C=C\1. The summed E-state index contributed by atoms with van der Waals surface area (Å²) in [5, 5.41) is 0. The Morgan fingerprint density at radius 2 is 1.94 bits per heavy atom. The molecular weight excluding hydrogens is 192 g/mol. The van der Waals surface area contributed by atoms with Crippen LogP contribution in [0.4, 0.5) is 0 Å². The quantitative estimate of drug-likeness (QED) is 0.448. The summed E-state index contributed by atoms with van der Waals surface area (Å²) in [6.45, 7) is 11.3. The van der Waals surface area contributed by atoms with Crippen molar-refractivity contribution in [2.24, 2.45) is 5.92 Å². The van der Waals surface area contributed by atoms with Crippen molar-refractivity contribution in [3.05, 3.63) is 73.4 Å². The lowest BCUT2D eigenvalue weighted by molar-refractivity contribution is 0.931. The molecule has 1 rings (SSSR count). The molecule has 0 saturated heterocycles. The Bertz CT molecular complexity index is 311. The Labute approximate surface area is 100 Å². The lowest BCUT2D eigenvalue weighted by Crippen LogP contribution is -1.81. The molecule has 0 heterocycles. The van der Waals surface area contributed by atoms with Crippen molar-refractivity contribution in [2.45, 2.75) is 20.3 Å². The van der Waals surface area contributed by atoms with E-state index in [1.54, 1.807) is 12.2 Å². The monoisotopic (exact) mass is 214 g/mol. The predicted molar refractivity (Wildman–Crippen MR) is 75.4 cm³/mol. The first-order valence-corrected chi connectivity index (χ1v) is 5.62. The maximum Gasteiger partial charge on any atom is -0.00787 e. The first kappa shape index (κ1) is 14.4. The second kappa shape index (κ2) is 9.97. The Balaban J connectivity index is 0.000000293. The van der Waals surface area contributed by atoms with E-state index < -0.39 is 0 Å². The molecule has 0 aromatic rings. The van der Waals surface area contributed by atoms with Gasteiger partial charge in [0, 0.05) is 0 Å². The highest BCUT2D eigenvalue weighted by molar-refractivity contribution is 5.17. The third-order valence-corrected chi connectivity index (χ3v) is 2.08. The van der Waals surface area contributed by atoms with E-state index >= 15 is 0 Å². The van der Waals surface area contributed by atoms with Gasteiger partial charge in [-0.2, -0.15) is 0 Å². The molecule has 1 atom stereocenters. The molecular formula is C16H22. The van der Waals surface area contributed by atoms with Crippen LogP contribution in [0.3, 0.4) is 0 Å². The number of rotatable bonds is 2. The fraction of sp³-hybridized carbons (Fsp3) is 0.250. The van der Waals surface area contributed by atoms with Gasteiger partial charge in [0.1, 0.15) is 0 Å². The average Bonchev–Trinajstić information content (AvgIpc) is 2.25. The maximum absolute atomic E-state index is 3.56. The Hall–Kier alpha value is -1.56. The van der Waals surface area contributed by atoms with Crippen LogP contribution in [0.15, 0.2) is 73.4 Å². The van der Waals surface area contributed by atoms with E-state index in [9.17, 15) is 0 Å². The van der Waals surface area contributed by atoms with Crippen molar-refractivity contribution >= 4 is 0 Å². The second-order valence-corrected chi connectivity index (χ2v) is 3.69. The van der Waals surface area contributed by atoms with Gasteiger partial charge in [0.2, 0.25) is 0 Å². The minimum Gasteiger partial charge on any atom is -0.0991 e. The van der Waals surface area contributed by atoms with Crippen LogP contribution >= 0.6 is 0 Å². The van der Waals surface area contributed by atoms with Gasteiger partial charge in [0.05, 0.1) is 0 Å². The van der Waals surface area contributed by atoms with Crippen LogP contribution in [0.1, 0.15) is 20.3 Å². The summed E-state index contributed by atoms with van der Waals surface area (Å²) in [6.07, 6.45) is 19.5. The molecule has 0 N–H and O–H groups in total. The van der Waals surface area contributed by atoms with Gasteiger partial charge in [-0.05, 0) is 19.3 Å². The standard InChI is InChI=1S/C9H12.C7H10/c1-9-7-5-3-2-4-6-8-9;1-4-6-7(3)5-2/h2-3,5-9H,4H2,1H3;4-6H,1-2H2,3H3/b3-2-,7-5-,8-6-;7-6-. The summed E-state index contributed by atoms with van der Waals surface area (Å²) >= 11 is 0. The first-order valence-electron chi connectivity index (χ1n) is 5.62. The van der Waals surface area contributed by atoms with Crippen LogP contribution in [-0.4, -0.2) is 0 Å². The molecule has 0 nitrogen and oxygen atoms in total. The largest absolute Gasteiger partial charge is 0.0991 e. The number of hydrogen-bond donors (Lipinski definition) is 0. The molecule has 0 fully saturated rings. The zero-order valence-corrected chi connectivity index (χ0v) is 10.4. The van der Waals surface area contributed by atoms with Gasteiger partial charge in [0.15, 0.2) is 0 Å². The van der Waals surface area contributed by atoms with Gasteiger partial charge in [-0.3, -0.25) is 0 Å². The van der Waals surface area contributed by atoms with E-state index in [0.29, 0.717) is 5.92 Å². The van der Waals surface area contributed by atoms with Crippen molar-refractivity contribution in [3.63, 3.8) is 0 Å². The summed E-state index contributed by atoms with van der Waals surface area (Å²) in [6, 6.07) is 0. The molecule has 0 heteroatoms. The fourth-order valence-electron chi connectivity index (χ4n) is 1.09. The van der Waals surface area contributed by atoms with Crippen LogP contribution in [0, 0.1) is 5.92 Å². The summed E-state index contributed by atoms with van der Waals surface area (Å²) in [5.41, 5.74) is 1.15. The Morgan fingerprint density at radius 3 is 2.50 bits per heavy atom. The third-order valence-electron chi connectivity index (χ3n) is 2.08. The van der Waals surface area contributed by atoms with E-state index in [0.717, 1.165) is 12.0 Å². The van der Waals surface area contributed by atoms with Crippen LogP contribution < -0.4 is 0 Å². The molecule has 0 aromatic heterocycles. The van der Waals surface area contributed by atoms with Crippen molar-refractivity contribution in [3.8, 4) is 0 Å². The van der Waals surface area contributed by atoms with Crippen LogP contribution in [-0.2, 0) is 0 Å². The molecule has 86 valence electrons. The predicted octanol–water partition coefficient (Wildman–Crippen LogP) is 5.00. The molecule has 0 aliphatic heterocycles. The highest BCUT2D eigenvalue weighted by Gasteiger charge is 1.87. The molecule has 0 radical (unpaired) electrons. The zero-order valence-electron chi connectivity index (χ0n) is 10.4. The maximum atomic E-state index is 3.56. The summed E-state index contributed by atoms with van der Waals surface area (Å²) < 4.78 is 0. The normalized spacial score (nSPS) is 25.1. The molecule has 1 aliphatic rings. The smallest absolute Gasteiger partial charge is 0.00787 e. The Kier molecular flexibility index (Phi) is 9.00. The topological polar surface area (TPSA) is 0 Å². The first-order chi connectivity index (χ1) is 7.70. The van der Waals surface area contributed by atoms with E-state index in [-0.39, 0.29) is 0 Å². The van der Waals surface area contributed by atoms with Gasteiger partial charge < -0.3 is 0 Å². The van der Waals surface area contributed by atoms with Crippen molar-refractivity contribution in [2.75, 3.05) is 0 Å². The van der Waals surface area contributed by atoms with Crippen LogP contribution in [0.25, 0.3) is 0 Å². The lowest BCUT2D eigenvalue weighted by atomic mass is 10.1. The number of allylic oxidation sites excluding steroid dienone is 10. The molecule has 0 amide bonds. The van der Waals surface area contributed by atoms with Gasteiger partial charge >= 0.3 is 0 Å². The highest BCUT2D eigenvalue weighted by atomic mass is 13.9.